The largest absolute Gasteiger partial charge is 0.508 e. The van der Waals surface area contributed by atoms with Gasteiger partial charge in [-0.3, -0.25) is 0 Å². The van der Waals surface area contributed by atoms with Gasteiger partial charge in [-0.2, -0.15) is 0 Å². The minimum atomic E-state index is 0.276. The molecular weight excluding hydrogens is 327 g/mol. The Hall–Kier alpha value is -1.49. The Bertz CT molecular complexity index is 518. The van der Waals surface area contributed by atoms with Crippen LogP contribution in [0.25, 0.3) is 12.2 Å². The van der Waals surface area contributed by atoms with Gasteiger partial charge in [-0.05, 0) is 23.8 Å². The standard InChI is InChI=1S/C14H11IO2/c15-17-14-4-2-1-3-12(14)8-5-11-6-9-13(16)10-7-11/h1-10,16H/b8-5+. The quantitative estimate of drug-likeness (QED) is 0.668. The number of hydrogen-bond donors (Lipinski definition) is 1. The van der Waals surface area contributed by atoms with Crippen LogP contribution < -0.4 is 3.07 Å². The van der Waals surface area contributed by atoms with E-state index in [1.54, 1.807) is 12.1 Å². The maximum Gasteiger partial charge on any atom is 0.192 e. The Morgan fingerprint density at radius 1 is 0.941 bits per heavy atom. The fourth-order valence-corrected chi connectivity index (χ4v) is 1.86. The maximum absolute atomic E-state index is 9.18. The highest BCUT2D eigenvalue weighted by atomic mass is 127. The van der Waals surface area contributed by atoms with Crippen LogP contribution in [0.2, 0.25) is 0 Å². The summed E-state index contributed by atoms with van der Waals surface area (Å²) < 4.78 is 5.23. The summed E-state index contributed by atoms with van der Waals surface area (Å²) in [6.07, 6.45) is 3.97. The van der Waals surface area contributed by atoms with Gasteiger partial charge in [0.1, 0.15) is 11.5 Å². The molecule has 2 aromatic rings. The van der Waals surface area contributed by atoms with E-state index in [0.717, 1.165) is 16.9 Å². The minimum absolute atomic E-state index is 0.276. The van der Waals surface area contributed by atoms with E-state index in [1.807, 2.05) is 71.6 Å². The summed E-state index contributed by atoms with van der Waals surface area (Å²) in [6, 6.07) is 14.9. The van der Waals surface area contributed by atoms with Gasteiger partial charge in [-0.1, -0.05) is 42.5 Å². The lowest BCUT2D eigenvalue weighted by Crippen LogP contribution is -1.79. The molecule has 0 saturated heterocycles. The van der Waals surface area contributed by atoms with E-state index < -0.39 is 0 Å². The molecule has 0 atom stereocenters. The van der Waals surface area contributed by atoms with Crippen molar-refractivity contribution in [2.45, 2.75) is 0 Å². The predicted molar refractivity (Wildman–Crippen MR) is 78.1 cm³/mol. The van der Waals surface area contributed by atoms with Gasteiger partial charge in [0.25, 0.3) is 0 Å². The van der Waals surface area contributed by atoms with Crippen molar-refractivity contribution in [1.29, 1.82) is 0 Å². The van der Waals surface area contributed by atoms with Crippen molar-refractivity contribution in [1.82, 2.24) is 0 Å². The van der Waals surface area contributed by atoms with Crippen molar-refractivity contribution in [2.24, 2.45) is 0 Å². The summed E-state index contributed by atoms with van der Waals surface area (Å²) >= 11 is 1.87. The molecule has 2 rings (SSSR count). The van der Waals surface area contributed by atoms with E-state index in [4.69, 9.17) is 3.07 Å². The molecule has 0 unspecified atom stereocenters. The average Bonchev–Trinajstić information content (AvgIpc) is 2.38. The molecule has 0 aliphatic carbocycles. The highest BCUT2D eigenvalue weighted by Crippen LogP contribution is 2.22. The molecule has 0 fully saturated rings. The first kappa shape index (κ1) is 12.0. The van der Waals surface area contributed by atoms with Crippen LogP contribution in [0.4, 0.5) is 0 Å². The zero-order valence-electron chi connectivity index (χ0n) is 9.01. The van der Waals surface area contributed by atoms with Crippen molar-refractivity contribution < 1.29 is 8.17 Å². The van der Waals surface area contributed by atoms with Gasteiger partial charge < -0.3 is 8.17 Å². The van der Waals surface area contributed by atoms with Crippen LogP contribution in [-0.2, 0) is 0 Å². The van der Waals surface area contributed by atoms with Crippen LogP contribution in [0.1, 0.15) is 11.1 Å². The molecule has 2 aromatic carbocycles. The van der Waals surface area contributed by atoms with Crippen molar-refractivity contribution >= 4 is 35.2 Å². The van der Waals surface area contributed by atoms with E-state index in [9.17, 15) is 5.11 Å². The zero-order valence-corrected chi connectivity index (χ0v) is 11.2. The lowest BCUT2D eigenvalue weighted by Gasteiger charge is -2.01. The van der Waals surface area contributed by atoms with Crippen molar-refractivity contribution in [2.75, 3.05) is 0 Å². The van der Waals surface area contributed by atoms with Gasteiger partial charge in [0, 0.05) is 5.56 Å². The smallest absolute Gasteiger partial charge is 0.192 e. The third-order valence-corrected chi connectivity index (χ3v) is 2.83. The van der Waals surface area contributed by atoms with E-state index >= 15 is 0 Å². The maximum atomic E-state index is 9.18. The minimum Gasteiger partial charge on any atom is -0.508 e. The Morgan fingerprint density at radius 3 is 2.35 bits per heavy atom. The molecule has 0 radical (unpaired) electrons. The summed E-state index contributed by atoms with van der Waals surface area (Å²) in [6.45, 7) is 0. The van der Waals surface area contributed by atoms with Crippen LogP contribution in [0.3, 0.4) is 0 Å². The van der Waals surface area contributed by atoms with Crippen LogP contribution in [-0.4, -0.2) is 5.11 Å². The van der Waals surface area contributed by atoms with E-state index in [0.29, 0.717) is 0 Å². The second-order valence-corrected chi connectivity index (χ2v) is 3.98. The van der Waals surface area contributed by atoms with Crippen molar-refractivity contribution in [3.63, 3.8) is 0 Å². The van der Waals surface area contributed by atoms with Gasteiger partial charge in [0.15, 0.2) is 23.0 Å². The molecular formula is C14H11IO2. The number of aromatic hydroxyl groups is 1. The molecule has 0 aromatic heterocycles. The Morgan fingerprint density at radius 2 is 1.65 bits per heavy atom. The highest BCUT2D eigenvalue weighted by molar-refractivity contribution is 14.1. The van der Waals surface area contributed by atoms with Gasteiger partial charge in [-0.25, -0.2) is 0 Å². The third kappa shape index (κ3) is 3.23. The predicted octanol–water partition coefficient (Wildman–Crippen LogP) is 4.29. The van der Waals surface area contributed by atoms with Crippen LogP contribution in [0, 0.1) is 0 Å². The highest BCUT2D eigenvalue weighted by Gasteiger charge is 1.97. The molecule has 0 amide bonds. The second-order valence-electron chi connectivity index (χ2n) is 3.54. The zero-order chi connectivity index (χ0) is 12.1. The van der Waals surface area contributed by atoms with Gasteiger partial charge >= 0.3 is 0 Å². The second kappa shape index (κ2) is 5.72. The molecule has 0 saturated carbocycles. The summed E-state index contributed by atoms with van der Waals surface area (Å²) in [5.41, 5.74) is 2.06. The fraction of sp³-hybridized carbons (Fsp3) is 0. The molecule has 0 aliphatic rings. The average molecular weight is 338 g/mol. The first-order valence-corrected chi connectivity index (χ1v) is 6.02. The SMILES string of the molecule is Oc1ccc(/C=C/c2ccccc2OI)cc1. The summed E-state index contributed by atoms with van der Waals surface area (Å²) in [4.78, 5) is 0. The molecule has 1 N–H and O–H groups in total. The molecule has 0 bridgehead atoms. The Kier molecular flexibility index (Phi) is 4.03. The van der Waals surface area contributed by atoms with Gasteiger partial charge in [0.2, 0.25) is 0 Å². The van der Waals surface area contributed by atoms with E-state index in [2.05, 4.69) is 0 Å². The summed E-state index contributed by atoms with van der Waals surface area (Å²) in [5.74, 6) is 1.11. The first-order chi connectivity index (χ1) is 8.29. The Labute approximate surface area is 114 Å². The van der Waals surface area contributed by atoms with Crippen molar-refractivity contribution in [3.05, 3.63) is 59.7 Å². The molecule has 2 nitrogen and oxygen atoms in total. The lowest BCUT2D eigenvalue weighted by atomic mass is 10.1. The molecule has 0 spiro atoms. The van der Waals surface area contributed by atoms with Crippen LogP contribution in [0.15, 0.2) is 48.5 Å². The summed E-state index contributed by atoms with van der Waals surface area (Å²) in [5, 5.41) is 9.18. The normalized spacial score (nSPS) is 10.6. The number of rotatable bonds is 3. The van der Waals surface area contributed by atoms with Gasteiger partial charge in [0.05, 0.1) is 0 Å². The lowest BCUT2D eigenvalue weighted by molar-refractivity contribution is 0.475. The van der Waals surface area contributed by atoms with Crippen LogP contribution >= 0.6 is 23.0 Å². The summed E-state index contributed by atoms with van der Waals surface area (Å²) in [7, 11) is 0. The number of phenolic OH excluding ortho intramolecular Hbond substituents is 1. The van der Waals surface area contributed by atoms with Crippen molar-refractivity contribution in [3.8, 4) is 11.5 Å². The monoisotopic (exact) mass is 338 g/mol. The molecule has 0 heterocycles. The molecule has 86 valence electrons. The molecule has 17 heavy (non-hydrogen) atoms. The number of phenols is 1. The molecule has 0 aliphatic heterocycles. The Balaban J connectivity index is 2.22. The van der Waals surface area contributed by atoms with E-state index in [-0.39, 0.29) is 5.75 Å². The first-order valence-electron chi connectivity index (χ1n) is 5.14. The fourth-order valence-electron chi connectivity index (χ4n) is 1.46. The van der Waals surface area contributed by atoms with E-state index in [1.165, 1.54) is 0 Å². The topological polar surface area (TPSA) is 29.5 Å². The van der Waals surface area contributed by atoms with Crippen LogP contribution in [0.5, 0.6) is 11.5 Å². The number of para-hydroxylation sites is 1. The number of benzene rings is 2. The molecule has 3 heteroatoms. The third-order valence-electron chi connectivity index (χ3n) is 2.35. The van der Waals surface area contributed by atoms with Gasteiger partial charge in [-0.15, -0.1) is 0 Å². The number of hydrogen-bond acceptors (Lipinski definition) is 2. The number of halogens is 1.